The number of benzene rings is 1. The molecule has 0 unspecified atom stereocenters. The molecule has 1 aliphatic carbocycles. The van der Waals surface area contributed by atoms with Gasteiger partial charge in [0.25, 0.3) is 5.69 Å². The highest BCUT2D eigenvalue weighted by atomic mass is 32.2. The molecular weight excluding hydrogens is 346 g/mol. The first kappa shape index (κ1) is 17.8. The van der Waals surface area contributed by atoms with Gasteiger partial charge in [-0.25, -0.2) is 8.42 Å². The van der Waals surface area contributed by atoms with Crippen LogP contribution in [0.1, 0.15) is 24.0 Å². The predicted molar refractivity (Wildman–Crippen MR) is 90.6 cm³/mol. The summed E-state index contributed by atoms with van der Waals surface area (Å²) < 4.78 is 27.2. The molecule has 2 aliphatic rings. The fourth-order valence-electron chi connectivity index (χ4n) is 3.06. The summed E-state index contributed by atoms with van der Waals surface area (Å²) in [7, 11) is -3.83. The summed E-state index contributed by atoms with van der Waals surface area (Å²) in [4.78, 5) is 24.3. The van der Waals surface area contributed by atoms with Gasteiger partial charge in [0.15, 0.2) is 0 Å². The van der Waals surface area contributed by atoms with Crippen LogP contribution in [0.15, 0.2) is 17.0 Å². The number of nitro groups is 1. The van der Waals surface area contributed by atoms with Crippen LogP contribution in [0.3, 0.4) is 0 Å². The molecule has 25 heavy (non-hydrogen) atoms. The summed E-state index contributed by atoms with van der Waals surface area (Å²) in [5.41, 5.74) is 0.849. The molecule has 1 aromatic rings. The van der Waals surface area contributed by atoms with Gasteiger partial charge in [-0.3, -0.25) is 14.9 Å². The van der Waals surface area contributed by atoms with E-state index in [4.69, 9.17) is 0 Å². The lowest BCUT2D eigenvalue weighted by molar-refractivity contribution is -0.385. The van der Waals surface area contributed by atoms with Crippen molar-refractivity contribution >= 4 is 21.6 Å². The van der Waals surface area contributed by atoms with Crippen LogP contribution in [0.5, 0.6) is 0 Å². The number of nitrogens with zero attached hydrogens (tertiary/aromatic N) is 3. The van der Waals surface area contributed by atoms with E-state index in [0.29, 0.717) is 24.2 Å². The van der Waals surface area contributed by atoms with Crippen molar-refractivity contribution in [2.45, 2.75) is 31.6 Å². The van der Waals surface area contributed by atoms with Crippen LogP contribution in [0.4, 0.5) is 5.69 Å². The van der Waals surface area contributed by atoms with Gasteiger partial charge in [0.05, 0.1) is 9.82 Å². The van der Waals surface area contributed by atoms with E-state index in [0.717, 1.165) is 18.9 Å². The average Bonchev–Trinajstić information content (AvgIpc) is 3.41. The first-order chi connectivity index (χ1) is 11.7. The van der Waals surface area contributed by atoms with Gasteiger partial charge in [-0.1, -0.05) is 0 Å². The van der Waals surface area contributed by atoms with E-state index in [-0.39, 0.29) is 35.5 Å². The summed E-state index contributed by atoms with van der Waals surface area (Å²) in [5, 5.41) is 11.1. The Morgan fingerprint density at radius 2 is 1.76 bits per heavy atom. The zero-order valence-corrected chi connectivity index (χ0v) is 15.1. The normalized spacial score (nSPS) is 19.0. The van der Waals surface area contributed by atoms with Crippen LogP contribution in [0.25, 0.3) is 0 Å². The molecule has 1 amide bonds. The first-order valence-corrected chi connectivity index (χ1v) is 9.70. The monoisotopic (exact) mass is 367 g/mol. The number of rotatable bonds is 4. The number of hydrogen-bond acceptors (Lipinski definition) is 5. The molecule has 1 saturated carbocycles. The molecule has 3 rings (SSSR count). The van der Waals surface area contributed by atoms with E-state index in [1.54, 1.807) is 18.7 Å². The maximum absolute atomic E-state index is 13.0. The fraction of sp³-hybridized carbons (Fsp3) is 0.562. The van der Waals surface area contributed by atoms with Crippen LogP contribution < -0.4 is 0 Å². The van der Waals surface area contributed by atoms with Crippen LogP contribution in [0, 0.1) is 29.9 Å². The fourth-order valence-corrected chi connectivity index (χ4v) is 4.80. The van der Waals surface area contributed by atoms with Crippen molar-refractivity contribution in [3.63, 3.8) is 0 Å². The minimum Gasteiger partial charge on any atom is -0.340 e. The number of non-ortho nitro benzene ring substituents is 1. The van der Waals surface area contributed by atoms with Crippen LogP contribution in [-0.4, -0.2) is 54.6 Å². The van der Waals surface area contributed by atoms with Crippen molar-refractivity contribution in [1.82, 2.24) is 9.21 Å². The highest BCUT2D eigenvalue weighted by molar-refractivity contribution is 7.89. The number of carbonyl (C=O) groups is 1. The van der Waals surface area contributed by atoms with E-state index in [1.807, 2.05) is 0 Å². The summed E-state index contributed by atoms with van der Waals surface area (Å²) >= 11 is 0. The Morgan fingerprint density at radius 3 is 2.28 bits per heavy atom. The molecule has 2 fully saturated rings. The number of nitro benzene ring substituents is 1. The lowest BCUT2D eigenvalue weighted by Gasteiger charge is -2.34. The molecule has 1 aliphatic heterocycles. The van der Waals surface area contributed by atoms with E-state index < -0.39 is 14.9 Å². The summed E-state index contributed by atoms with van der Waals surface area (Å²) in [6.07, 6.45) is 1.84. The topological polar surface area (TPSA) is 101 Å². The second-order valence-corrected chi connectivity index (χ2v) is 8.55. The molecule has 136 valence electrons. The second kappa shape index (κ2) is 6.38. The molecule has 0 spiro atoms. The number of amides is 1. The van der Waals surface area contributed by atoms with Crippen molar-refractivity contribution < 1.29 is 18.1 Å². The van der Waals surface area contributed by atoms with Gasteiger partial charge in [0, 0.05) is 44.2 Å². The summed E-state index contributed by atoms with van der Waals surface area (Å²) in [6.45, 7) is 4.46. The molecule has 9 heteroatoms. The number of hydrogen-bond donors (Lipinski definition) is 0. The highest BCUT2D eigenvalue weighted by Crippen LogP contribution is 2.32. The van der Waals surface area contributed by atoms with Gasteiger partial charge in [0.2, 0.25) is 15.9 Å². The van der Waals surface area contributed by atoms with Crippen molar-refractivity contribution in [3.8, 4) is 0 Å². The van der Waals surface area contributed by atoms with Crippen molar-refractivity contribution in [3.05, 3.63) is 33.4 Å². The lowest BCUT2D eigenvalue weighted by Crippen LogP contribution is -2.51. The maximum Gasteiger partial charge on any atom is 0.271 e. The van der Waals surface area contributed by atoms with E-state index >= 15 is 0 Å². The number of sulfonamides is 1. The van der Waals surface area contributed by atoms with Gasteiger partial charge in [-0.2, -0.15) is 4.31 Å². The molecule has 8 nitrogen and oxygen atoms in total. The Hall–Kier alpha value is -2.00. The molecule has 1 aromatic carbocycles. The first-order valence-electron chi connectivity index (χ1n) is 8.26. The zero-order chi connectivity index (χ0) is 18.4. The Morgan fingerprint density at radius 1 is 1.16 bits per heavy atom. The van der Waals surface area contributed by atoms with Gasteiger partial charge in [-0.05, 0) is 37.8 Å². The number of piperazine rings is 1. The highest BCUT2D eigenvalue weighted by Gasteiger charge is 2.37. The molecule has 0 radical (unpaired) electrons. The predicted octanol–water partition coefficient (Wildman–Crippen LogP) is 1.45. The molecule has 0 aromatic heterocycles. The van der Waals surface area contributed by atoms with Crippen LogP contribution in [-0.2, 0) is 14.8 Å². The molecular formula is C16H21N3O5S. The molecule has 0 bridgehead atoms. The van der Waals surface area contributed by atoms with E-state index in [1.165, 1.54) is 10.4 Å². The average molecular weight is 367 g/mol. The van der Waals surface area contributed by atoms with Crippen LogP contribution >= 0.6 is 0 Å². The summed E-state index contributed by atoms with van der Waals surface area (Å²) in [5.74, 6) is 0.226. The Labute approximate surface area is 146 Å². The van der Waals surface area contributed by atoms with Crippen molar-refractivity contribution in [2.24, 2.45) is 5.92 Å². The van der Waals surface area contributed by atoms with Crippen molar-refractivity contribution in [1.29, 1.82) is 0 Å². The maximum atomic E-state index is 13.0. The van der Waals surface area contributed by atoms with Gasteiger partial charge < -0.3 is 4.90 Å². The minimum atomic E-state index is -3.83. The largest absolute Gasteiger partial charge is 0.340 e. The summed E-state index contributed by atoms with van der Waals surface area (Å²) in [6, 6.07) is 2.50. The smallest absolute Gasteiger partial charge is 0.271 e. The third-order valence-corrected chi connectivity index (χ3v) is 6.93. The Bertz CT molecular complexity index is 824. The third kappa shape index (κ3) is 3.38. The minimum absolute atomic E-state index is 0.0267. The number of aryl methyl sites for hydroxylation is 1. The third-order valence-electron chi connectivity index (χ3n) is 4.91. The van der Waals surface area contributed by atoms with E-state index in [2.05, 4.69) is 0 Å². The quantitative estimate of drug-likeness (QED) is 0.592. The van der Waals surface area contributed by atoms with E-state index in [9.17, 15) is 23.3 Å². The molecule has 1 heterocycles. The zero-order valence-electron chi connectivity index (χ0n) is 14.3. The Kier molecular flexibility index (Phi) is 4.54. The standard InChI is InChI=1S/C16H21N3O5S/c1-11-9-14(19(21)22)10-15(12(11)2)25(23,24)18-7-5-17(6-8-18)16(20)13-3-4-13/h9-10,13H,3-8H2,1-2H3. The van der Waals surface area contributed by atoms with Gasteiger partial charge >= 0.3 is 0 Å². The molecule has 1 saturated heterocycles. The lowest BCUT2D eigenvalue weighted by atomic mass is 10.1. The van der Waals surface area contributed by atoms with Crippen LogP contribution in [0.2, 0.25) is 0 Å². The van der Waals surface area contributed by atoms with Gasteiger partial charge in [0.1, 0.15) is 0 Å². The Balaban J connectivity index is 1.83. The van der Waals surface area contributed by atoms with Crippen molar-refractivity contribution in [2.75, 3.05) is 26.2 Å². The molecule has 0 N–H and O–H groups in total. The number of carbonyl (C=O) groups excluding carboxylic acids is 1. The van der Waals surface area contributed by atoms with Gasteiger partial charge in [-0.15, -0.1) is 0 Å². The second-order valence-electron chi connectivity index (χ2n) is 6.65. The molecule has 0 atom stereocenters. The SMILES string of the molecule is Cc1cc([N+](=O)[O-])cc(S(=O)(=O)N2CCN(C(=O)C3CC3)CC2)c1C.